The van der Waals surface area contributed by atoms with E-state index in [2.05, 4.69) is 5.43 Å². The molecule has 0 bridgehead atoms. The number of benzene rings is 1. The van der Waals surface area contributed by atoms with E-state index in [0.717, 1.165) is 29.0 Å². The van der Waals surface area contributed by atoms with Crippen molar-refractivity contribution in [2.75, 3.05) is 7.05 Å². The number of halogens is 3. The molecule has 3 rings (SSSR count). The fraction of sp³-hybridized carbons (Fsp3) is 0.526. The van der Waals surface area contributed by atoms with Gasteiger partial charge in [-0.25, -0.2) is 14.2 Å². The highest BCUT2D eigenvalue weighted by Gasteiger charge is 2.54. The lowest BCUT2D eigenvalue weighted by molar-refractivity contribution is -0.145. The molecule has 1 aromatic carbocycles. The first-order chi connectivity index (χ1) is 12.3. The molecule has 0 saturated heterocycles. The third-order valence-corrected chi connectivity index (χ3v) is 4.98. The maximum Gasteiger partial charge on any atom is 0.270 e. The van der Waals surface area contributed by atoms with E-state index in [-0.39, 0.29) is 18.5 Å². The molecule has 1 aliphatic carbocycles. The summed E-state index contributed by atoms with van der Waals surface area (Å²) in [6, 6.07) is 7.62. The molecule has 7 heteroatoms. The van der Waals surface area contributed by atoms with Crippen molar-refractivity contribution in [1.29, 1.82) is 0 Å². The molecule has 1 aromatic rings. The van der Waals surface area contributed by atoms with E-state index in [4.69, 9.17) is 0 Å². The Hall–Kier alpha value is -2.02. The topological polar surface area (TPSA) is 35.6 Å². The first-order valence-corrected chi connectivity index (χ1v) is 8.83. The summed E-state index contributed by atoms with van der Waals surface area (Å²) in [6.07, 6.45) is -0.815. The van der Waals surface area contributed by atoms with E-state index in [1.165, 1.54) is 11.9 Å². The van der Waals surface area contributed by atoms with Gasteiger partial charge in [-0.05, 0) is 29.9 Å². The van der Waals surface area contributed by atoms with Crippen LogP contribution >= 0.6 is 0 Å². The second-order valence-corrected chi connectivity index (χ2v) is 7.33. The molecule has 1 saturated carbocycles. The molecule has 1 heterocycles. The zero-order chi connectivity index (χ0) is 19.1. The number of alkyl halides is 2. The maximum atomic E-state index is 13.8. The first-order valence-electron chi connectivity index (χ1n) is 8.83. The van der Waals surface area contributed by atoms with E-state index in [9.17, 15) is 18.0 Å². The van der Waals surface area contributed by atoms with Gasteiger partial charge in [0, 0.05) is 25.7 Å². The van der Waals surface area contributed by atoms with Crippen LogP contribution in [0.4, 0.5) is 13.2 Å². The van der Waals surface area contributed by atoms with Gasteiger partial charge in [-0.3, -0.25) is 9.80 Å². The van der Waals surface area contributed by atoms with Crippen LogP contribution in [0.15, 0.2) is 36.3 Å². The van der Waals surface area contributed by atoms with E-state index >= 15 is 0 Å². The van der Waals surface area contributed by atoms with Crippen LogP contribution in [0.1, 0.15) is 43.7 Å². The van der Waals surface area contributed by atoms with Crippen LogP contribution < -0.4 is 5.43 Å². The normalized spacial score (nSPS) is 22.9. The minimum absolute atomic E-state index is 0.0810. The molecule has 0 spiro atoms. The van der Waals surface area contributed by atoms with Crippen molar-refractivity contribution in [2.24, 2.45) is 0 Å². The van der Waals surface area contributed by atoms with Crippen molar-refractivity contribution in [3.8, 4) is 0 Å². The Morgan fingerprint density at radius 1 is 1.35 bits per heavy atom. The molecular formula is C19H24F3N3O. The molecule has 1 unspecified atom stereocenters. The number of hydrogen-bond acceptors (Lipinski definition) is 3. The van der Waals surface area contributed by atoms with Crippen molar-refractivity contribution in [1.82, 2.24) is 15.3 Å². The number of carbonyl (C=O) groups is 1. The summed E-state index contributed by atoms with van der Waals surface area (Å²) in [6.45, 7) is 4.34. The predicted octanol–water partition coefficient (Wildman–Crippen LogP) is 3.57. The van der Waals surface area contributed by atoms with E-state index < -0.39 is 23.8 Å². The smallest absolute Gasteiger partial charge is 0.270 e. The Bertz CT molecular complexity index is 718. The number of rotatable bonds is 6. The highest BCUT2D eigenvalue weighted by atomic mass is 19.3. The standard InChI is InChI=1S/C19H24F3N3O/c1-12(2)15-7-5-4-6-13(15)11-25(14-8-9-14)18(26)19(17(21)22)10-16(20)24(3)23-19/h4-7,10,12,14,17,23H,8-9,11H2,1-3H3. The highest BCUT2D eigenvalue weighted by Crippen LogP contribution is 2.36. The van der Waals surface area contributed by atoms with Crippen LogP contribution in [0.25, 0.3) is 0 Å². The summed E-state index contributed by atoms with van der Waals surface area (Å²) < 4.78 is 41.5. The SMILES string of the molecule is CC(C)c1ccccc1CN(C(=O)C1(C(F)F)C=C(F)N(C)N1)C1CC1. The number of hydrazine groups is 1. The molecule has 26 heavy (non-hydrogen) atoms. The van der Waals surface area contributed by atoms with Gasteiger partial charge in [-0.15, -0.1) is 0 Å². The van der Waals surface area contributed by atoms with Gasteiger partial charge in [0.15, 0.2) is 5.54 Å². The van der Waals surface area contributed by atoms with Crippen LogP contribution in [0.3, 0.4) is 0 Å². The largest absolute Gasteiger partial charge is 0.333 e. The van der Waals surface area contributed by atoms with Crippen molar-refractivity contribution in [3.05, 3.63) is 47.4 Å². The average Bonchev–Trinajstić information content (AvgIpc) is 3.38. The second kappa shape index (κ2) is 6.95. The monoisotopic (exact) mass is 367 g/mol. The Labute approximate surface area is 151 Å². The Balaban J connectivity index is 1.93. The lowest BCUT2D eigenvalue weighted by atomic mass is 9.95. The fourth-order valence-corrected chi connectivity index (χ4v) is 3.38. The summed E-state index contributed by atoms with van der Waals surface area (Å²) in [5.74, 6) is -1.41. The van der Waals surface area contributed by atoms with Crippen LogP contribution in [0.2, 0.25) is 0 Å². The number of carbonyl (C=O) groups excluding carboxylic acids is 1. The molecule has 0 aromatic heterocycles. The quantitative estimate of drug-likeness (QED) is 0.781. The van der Waals surface area contributed by atoms with Crippen molar-refractivity contribution < 1.29 is 18.0 Å². The summed E-state index contributed by atoms with van der Waals surface area (Å²) in [7, 11) is 1.28. The summed E-state index contributed by atoms with van der Waals surface area (Å²) in [5, 5.41) is 0.831. The Kier molecular flexibility index (Phi) is 5.01. The fourth-order valence-electron chi connectivity index (χ4n) is 3.38. The summed E-state index contributed by atoms with van der Waals surface area (Å²) in [4.78, 5) is 14.6. The van der Waals surface area contributed by atoms with Gasteiger partial charge in [0.2, 0.25) is 5.95 Å². The van der Waals surface area contributed by atoms with Crippen LogP contribution in [0.5, 0.6) is 0 Å². The molecule has 1 N–H and O–H groups in total. The van der Waals surface area contributed by atoms with E-state index in [1.54, 1.807) is 0 Å². The van der Waals surface area contributed by atoms with Crippen LogP contribution in [-0.4, -0.2) is 40.9 Å². The maximum absolute atomic E-state index is 13.8. The van der Waals surface area contributed by atoms with Gasteiger partial charge in [-0.2, -0.15) is 4.39 Å². The molecule has 0 radical (unpaired) electrons. The van der Waals surface area contributed by atoms with Crippen LogP contribution in [-0.2, 0) is 11.3 Å². The van der Waals surface area contributed by atoms with Gasteiger partial charge in [0.25, 0.3) is 12.3 Å². The van der Waals surface area contributed by atoms with E-state index in [0.29, 0.717) is 6.08 Å². The molecule has 4 nitrogen and oxygen atoms in total. The van der Waals surface area contributed by atoms with Gasteiger partial charge >= 0.3 is 0 Å². The molecule has 1 aliphatic heterocycles. The Morgan fingerprint density at radius 2 is 2.00 bits per heavy atom. The average molecular weight is 367 g/mol. The van der Waals surface area contributed by atoms with Crippen LogP contribution in [0, 0.1) is 0 Å². The lowest BCUT2D eigenvalue weighted by Crippen LogP contribution is -2.61. The molecule has 2 aliphatic rings. The minimum atomic E-state index is -3.06. The third kappa shape index (κ3) is 3.32. The van der Waals surface area contributed by atoms with Crippen molar-refractivity contribution in [3.63, 3.8) is 0 Å². The highest BCUT2D eigenvalue weighted by molar-refractivity contribution is 5.90. The van der Waals surface area contributed by atoms with Gasteiger partial charge < -0.3 is 4.90 Å². The summed E-state index contributed by atoms with van der Waals surface area (Å²) >= 11 is 0. The number of nitrogens with one attached hydrogen (secondary N) is 1. The zero-order valence-corrected chi connectivity index (χ0v) is 15.2. The molecule has 1 fully saturated rings. The molecular weight excluding hydrogens is 343 g/mol. The zero-order valence-electron chi connectivity index (χ0n) is 15.2. The predicted molar refractivity (Wildman–Crippen MR) is 92.9 cm³/mol. The lowest BCUT2D eigenvalue weighted by Gasteiger charge is -2.34. The number of nitrogens with zero attached hydrogens (tertiary/aromatic N) is 2. The number of amides is 1. The first kappa shape index (κ1) is 18.8. The van der Waals surface area contributed by atoms with Crippen molar-refractivity contribution >= 4 is 5.91 Å². The van der Waals surface area contributed by atoms with Crippen molar-refractivity contribution in [2.45, 2.75) is 57.2 Å². The molecule has 142 valence electrons. The third-order valence-electron chi connectivity index (χ3n) is 4.98. The Morgan fingerprint density at radius 3 is 2.50 bits per heavy atom. The van der Waals surface area contributed by atoms with Gasteiger partial charge in [-0.1, -0.05) is 38.1 Å². The van der Waals surface area contributed by atoms with Gasteiger partial charge in [0.05, 0.1) is 0 Å². The molecule has 1 amide bonds. The minimum Gasteiger partial charge on any atom is -0.333 e. The van der Waals surface area contributed by atoms with E-state index in [1.807, 2.05) is 38.1 Å². The number of hydrogen-bond donors (Lipinski definition) is 1. The second-order valence-electron chi connectivity index (χ2n) is 7.33. The summed E-state index contributed by atoms with van der Waals surface area (Å²) in [5.41, 5.74) is 1.99. The molecule has 1 atom stereocenters. The van der Waals surface area contributed by atoms with Gasteiger partial charge in [0.1, 0.15) is 0 Å².